The van der Waals surface area contributed by atoms with Crippen molar-refractivity contribution in [1.82, 2.24) is 14.1 Å². The molecule has 0 radical (unpaired) electrons. The van der Waals surface area contributed by atoms with Gasteiger partial charge in [-0.3, -0.25) is 9.36 Å². The van der Waals surface area contributed by atoms with Crippen molar-refractivity contribution in [1.29, 1.82) is 0 Å². The Kier molecular flexibility index (Phi) is 4.94. The molecule has 0 unspecified atom stereocenters. The largest absolute Gasteiger partial charge is 0.426 e. The minimum atomic E-state index is -0.639. The topological polar surface area (TPSA) is 95.2 Å². The molecule has 29 heavy (non-hydrogen) atoms. The summed E-state index contributed by atoms with van der Waals surface area (Å²) in [6, 6.07) is 12.2. The van der Waals surface area contributed by atoms with Crippen LogP contribution in [0, 0.1) is 0 Å². The van der Waals surface area contributed by atoms with Gasteiger partial charge < -0.3 is 10.1 Å². The van der Waals surface area contributed by atoms with Crippen molar-refractivity contribution >= 4 is 29.2 Å². The van der Waals surface area contributed by atoms with Crippen molar-refractivity contribution in [2.45, 2.75) is 26.4 Å². The smallest absolute Gasteiger partial charge is 0.354 e. The molecule has 1 aromatic heterocycles. The van der Waals surface area contributed by atoms with E-state index >= 15 is 0 Å². The molecule has 3 aromatic rings. The lowest BCUT2D eigenvalue weighted by atomic mass is 10.1. The number of halogens is 1. The van der Waals surface area contributed by atoms with Gasteiger partial charge in [0.25, 0.3) is 0 Å². The zero-order chi connectivity index (χ0) is 20.5. The Morgan fingerprint density at radius 3 is 2.59 bits per heavy atom. The molecule has 0 atom stereocenters. The normalized spacial score (nSPS) is 12.6. The highest BCUT2D eigenvalue weighted by Gasteiger charge is 2.21. The summed E-state index contributed by atoms with van der Waals surface area (Å²) in [5, 5.41) is 3.59. The number of benzene rings is 2. The Labute approximate surface area is 170 Å². The van der Waals surface area contributed by atoms with Gasteiger partial charge in [-0.25, -0.2) is 14.2 Å². The van der Waals surface area contributed by atoms with E-state index in [-0.39, 0.29) is 31.4 Å². The fraction of sp³-hybridized carbons (Fsp3) is 0.200. The van der Waals surface area contributed by atoms with Crippen LogP contribution in [0.4, 0.5) is 11.6 Å². The molecule has 0 fully saturated rings. The maximum atomic E-state index is 12.9. The first-order chi connectivity index (χ1) is 13.9. The molecule has 1 aliphatic rings. The third-order valence-corrected chi connectivity index (χ3v) is 4.85. The molecule has 2 aromatic carbocycles. The zero-order valence-electron chi connectivity index (χ0n) is 15.5. The summed E-state index contributed by atoms with van der Waals surface area (Å²) >= 11 is 5.94. The van der Waals surface area contributed by atoms with Gasteiger partial charge in [0.1, 0.15) is 5.75 Å². The molecule has 4 rings (SSSR count). The number of hydrogen-bond acceptors (Lipinski definition) is 6. The molecule has 0 bridgehead atoms. The SMILES string of the molecule is CCn1c(=O)nc(Nc2ccc3c(c2)OC(=O)C3)n(Cc2ccc(Cl)cc2)c1=O. The first-order valence-corrected chi connectivity index (χ1v) is 9.39. The fourth-order valence-electron chi connectivity index (χ4n) is 3.13. The summed E-state index contributed by atoms with van der Waals surface area (Å²) in [6.07, 6.45) is 0.224. The monoisotopic (exact) mass is 412 g/mol. The summed E-state index contributed by atoms with van der Waals surface area (Å²) in [5.41, 5.74) is 1.04. The van der Waals surface area contributed by atoms with Crippen LogP contribution in [0.15, 0.2) is 52.1 Å². The van der Waals surface area contributed by atoms with Crippen molar-refractivity contribution in [2.75, 3.05) is 5.32 Å². The number of carbonyl (C=O) groups excluding carboxylic acids is 1. The van der Waals surface area contributed by atoms with Crippen molar-refractivity contribution in [3.8, 4) is 5.75 Å². The van der Waals surface area contributed by atoms with Gasteiger partial charge in [-0.05, 0) is 30.7 Å². The molecular formula is C20H17ClN4O4. The van der Waals surface area contributed by atoms with Gasteiger partial charge in [0.05, 0.1) is 13.0 Å². The Morgan fingerprint density at radius 2 is 1.86 bits per heavy atom. The van der Waals surface area contributed by atoms with Gasteiger partial charge in [0.2, 0.25) is 5.95 Å². The maximum absolute atomic E-state index is 12.9. The van der Waals surface area contributed by atoms with Crippen molar-refractivity contribution in [3.63, 3.8) is 0 Å². The molecule has 148 valence electrons. The van der Waals surface area contributed by atoms with Crippen LogP contribution in [0.25, 0.3) is 0 Å². The van der Waals surface area contributed by atoms with Crippen LogP contribution in [-0.4, -0.2) is 20.1 Å². The molecule has 8 nitrogen and oxygen atoms in total. The number of aromatic nitrogens is 3. The first kappa shape index (κ1) is 18.9. The van der Waals surface area contributed by atoms with Gasteiger partial charge in [-0.15, -0.1) is 0 Å². The molecule has 0 spiro atoms. The fourth-order valence-corrected chi connectivity index (χ4v) is 3.25. The molecule has 1 aliphatic heterocycles. The van der Waals surface area contributed by atoms with Crippen LogP contribution in [0.5, 0.6) is 5.75 Å². The number of anilines is 2. The summed E-state index contributed by atoms with van der Waals surface area (Å²) in [6.45, 7) is 2.12. The summed E-state index contributed by atoms with van der Waals surface area (Å²) < 4.78 is 7.60. The summed E-state index contributed by atoms with van der Waals surface area (Å²) in [7, 11) is 0. The van der Waals surface area contributed by atoms with Crippen LogP contribution in [0.1, 0.15) is 18.1 Å². The molecule has 0 saturated heterocycles. The Balaban J connectivity index is 1.75. The van der Waals surface area contributed by atoms with E-state index in [1.54, 1.807) is 49.4 Å². The van der Waals surface area contributed by atoms with E-state index in [0.717, 1.165) is 15.7 Å². The highest BCUT2D eigenvalue weighted by molar-refractivity contribution is 6.30. The third kappa shape index (κ3) is 3.79. The van der Waals surface area contributed by atoms with Crippen LogP contribution in [-0.2, 0) is 24.3 Å². The number of hydrogen-bond donors (Lipinski definition) is 1. The molecule has 0 saturated carbocycles. The Bertz CT molecular complexity index is 1210. The van der Waals surface area contributed by atoms with Crippen molar-refractivity contribution in [2.24, 2.45) is 0 Å². The Morgan fingerprint density at radius 1 is 1.10 bits per heavy atom. The van der Waals surface area contributed by atoms with E-state index in [1.807, 2.05) is 0 Å². The standard InChI is InChI=1S/C20H17ClN4O4/c1-2-24-19(27)23-18(22-15-8-5-13-9-17(26)29-16(13)10-15)25(20(24)28)11-12-3-6-14(21)7-4-12/h3-8,10H,2,9,11H2,1H3,(H,22,23,27). The number of esters is 1. The number of nitrogens with one attached hydrogen (secondary N) is 1. The zero-order valence-corrected chi connectivity index (χ0v) is 16.3. The third-order valence-electron chi connectivity index (χ3n) is 4.60. The van der Waals surface area contributed by atoms with Crippen LogP contribution < -0.4 is 21.4 Å². The highest BCUT2D eigenvalue weighted by Crippen LogP contribution is 2.30. The number of fused-ring (bicyclic) bond motifs is 1. The molecule has 0 aliphatic carbocycles. The van der Waals surface area contributed by atoms with E-state index in [2.05, 4.69) is 10.3 Å². The molecule has 0 amide bonds. The first-order valence-electron chi connectivity index (χ1n) is 9.01. The predicted octanol–water partition coefficient (Wildman–Crippen LogP) is 2.33. The lowest BCUT2D eigenvalue weighted by molar-refractivity contribution is -0.131. The average Bonchev–Trinajstić information content (AvgIpc) is 3.06. The van der Waals surface area contributed by atoms with Crippen LogP contribution in [0.2, 0.25) is 5.02 Å². The van der Waals surface area contributed by atoms with Gasteiger partial charge >= 0.3 is 17.3 Å². The van der Waals surface area contributed by atoms with Crippen LogP contribution >= 0.6 is 11.6 Å². The molecular weight excluding hydrogens is 396 g/mol. The van der Waals surface area contributed by atoms with Gasteiger partial charge in [-0.2, -0.15) is 4.98 Å². The van der Waals surface area contributed by atoms with Gasteiger partial charge in [-0.1, -0.05) is 29.8 Å². The predicted molar refractivity (Wildman–Crippen MR) is 108 cm³/mol. The number of ether oxygens (including phenoxy) is 1. The summed E-state index contributed by atoms with van der Waals surface area (Å²) in [4.78, 5) is 40.7. The van der Waals surface area contributed by atoms with E-state index in [1.165, 1.54) is 4.57 Å². The number of rotatable bonds is 5. The second-order valence-corrected chi connectivity index (χ2v) is 6.99. The second-order valence-electron chi connectivity index (χ2n) is 6.56. The minimum absolute atomic E-state index is 0.101. The molecule has 2 heterocycles. The quantitative estimate of drug-likeness (QED) is 0.510. The van der Waals surface area contributed by atoms with E-state index in [4.69, 9.17) is 16.3 Å². The van der Waals surface area contributed by atoms with Gasteiger partial charge in [0.15, 0.2) is 0 Å². The highest BCUT2D eigenvalue weighted by atomic mass is 35.5. The lowest BCUT2D eigenvalue weighted by Crippen LogP contribution is -2.42. The number of nitrogens with zero attached hydrogens (tertiary/aromatic N) is 3. The lowest BCUT2D eigenvalue weighted by Gasteiger charge is -2.15. The van der Waals surface area contributed by atoms with Gasteiger partial charge in [0, 0.05) is 28.9 Å². The van der Waals surface area contributed by atoms with Crippen molar-refractivity contribution < 1.29 is 9.53 Å². The maximum Gasteiger partial charge on any atom is 0.354 e. The Hall–Kier alpha value is -3.39. The minimum Gasteiger partial charge on any atom is -0.426 e. The molecule has 1 N–H and O–H groups in total. The van der Waals surface area contributed by atoms with Crippen LogP contribution in [0.3, 0.4) is 0 Å². The van der Waals surface area contributed by atoms with Crippen molar-refractivity contribution in [3.05, 3.63) is 79.6 Å². The number of carbonyl (C=O) groups is 1. The molecule has 9 heteroatoms. The van der Waals surface area contributed by atoms with E-state index in [9.17, 15) is 14.4 Å². The summed E-state index contributed by atoms with van der Waals surface area (Å²) in [5.74, 6) is 0.234. The average molecular weight is 413 g/mol. The van der Waals surface area contributed by atoms with E-state index in [0.29, 0.717) is 16.5 Å². The van der Waals surface area contributed by atoms with E-state index < -0.39 is 11.4 Å². The second kappa shape index (κ2) is 7.56.